The van der Waals surface area contributed by atoms with Crippen LogP contribution < -0.4 is 11.1 Å². The molecule has 1 unspecified atom stereocenters. The van der Waals surface area contributed by atoms with Gasteiger partial charge in [0.25, 0.3) is 0 Å². The van der Waals surface area contributed by atoms with Gasteiger partial charge in [0.05, 0.1) is 5.54 Å². The summed E-state index contributed by atoms with van der Waals surface area (Å²) in [6.07, 6.45) is 1.85. The average molecular weight is 274 g/mol. The maximum absolute atomic E-state index is 12.1. The number of nitrogens with zero attached hydrogens (tertiary/aromatic N) is 2. The van der Waals surface area contributed by atoms with Crippen LogP contribution in [0.2, 0.25) is 0 Å². The molecular formula is C14H18N4O2. The minimum Gasteiger partial charge on any atom is -0.423 e. The molecule has 1 amide bonds. The molecule has 106 valence electrons. The highest BCUT2D eigenvalue weighted by molar-refractivity contribution is 5.98. The Labute approximate surface area is 117 Å². The quantitative estimate of drug-likeness (QED) is 0.890. The van der Waals surface area contributed by atoms with Crippen molar-refractivity contribution in [3.8, 4) is 11.5 Å². The van der Waals surface area contributed by atoms with Gasteiger partial charge in [-0.3, -0.25) is 4.79 Å². The molecule has 0 aliphatic heterocycles. The number of hydrogen-bond donors (Lipinski definition) is 2. The Morgan fingerprint density at radius 1 is 1.50 bits per heavy atom. The van der Waals surface area contributed by atoms with Crippen molar-refractivity contribution in [2.45, 2.75) is 32.7 Å². The molecule has 2 rings (SSSR count). The van der Waals surface area contributed by atoms with Gasteiger partial charge in [-0.2, -0.15) is 0 Å². The fourth-order valence-electron chi connectivity index (χ4n) is 1.66. The number of aryl methyl sites for hydroxylation is 1. The number of aromatic nitrogens is 2. The maximum atomic E-state index is 12.1. The van der Waals surface area contributed by atoms with Gasteiger partial charge in [0.15, 0.2) is 0 Å². The highest BCUT2D eigenvalue weighted by Crippen LogP contribution is 2.24. The van der Waals surface area contributed by atoms with Gasteiger partial charge in [-0.05, 0) is 44.0 Å². The summed E-state index contributed by atoms with van der Waals surface area (Å²) in [6.45, 7) is 5.49. The molecule has 6 heteroatoms. The van der Waals surface area contributed by atoms with E-state index in [0.717, 1.165) is 16.8 Å². The minimum absolute atomic E-state index is 0.200. The van der Waals surface area contributed by atoms with Crippen LogP contribution in [0, 0.1) is 6.92 Å². The van der Waals surface area contributed by atoms with Crippen LogP contribution in [0.3, 0.4) is 0 Å². The number of benzene rings is 1. The summed E-state index contributed by atoms with van der Waals surface area (Å²) < 4.78 is 5.14. The Balaban J connectivity index is 2.21. The van der Waals surface area contributed by atoms with E-state index >= 15 is 0 Å². The third-order valence-corrected chi connectivity index (χ3v) is 3.33. The molecule has 3 N–H and O–H groups in total. The van der Waals surface area contributed by atoms with Crippen molar-refractivity contribution in [2.75, 3.05) is 5.32 Å². The fraction of sp³-hybridized carbons (Fsp3) is 0.357. The van der Waals surface area contributed by atoms with E-state index in [-0.39, 0.29) is 5.91 Å². The SMILES string of the molecule is CCC(C)(N)C(=O)Nc1ccc(-c2nnco2)cc1C. The van der Waals surface area contributed by atoms with E-state index in [1.165, 1.54) is 6.39 Å². The first kappa shape index (κ1) is 14.2. The number of carbonyl (C=O) groups excluding carboxylic acids is 1. The zero-order valence-corrected chi connectivity index (χ0v) is 11.8. The lowest BCUT2D eigenvalue weighted by atomic mass is 9.99. The predicted molar refractivity (Wildman–Crippen MR) is 76.0 cm³/mol. The molecule has 0 spiro atoms. The van der Waals surface area contributed by atoms with Gasteiger partial charge < -0.3 is 15.5 Å². The highest BCUT2D eigenvalue weighted by atomic mass is 16.4. The lowest BCUT2D eigenvalue weighted by Crippen LogP contribution is -2.47. The van der Waals surface area contributed by atoms with E-state index in [2.05, 4.69) is 15.5 Å². The van der Waals surface area contributed by atoms with Crippen molar-refractivity contribution in [1.29, 1.82) is 0 Å². The van der Waals surface area contributed by atoms with E-state index in [0.29, 0.717) is 12.3 Å². The average Bonchev–Trinajstić information content (AvgIpc) is 2.94. The van der Waals surface area contributed by atoms with Crippen LogP contribution in [0.5, 0.6) is 0 Å². The fourth-order valence-corrected chi connectivity index (χ4v) is 1.66. The summed E-state index contributed by atoms with van der Waals surface area (Å²) in [7, 11) is 0. The first-order valence-corrected chi connectivity index (χ1v) is 6.41. The summed E-state index contributed by atoms with van der Waals surface area (Å²) in [4.78, 5) is 12.1. The van der Waals surface area contributed by atoms with Crippen molar-refractivity contribution < 1.29 is 9.21 Å². The normalized spacial score (nSPS) is 13.8. The van der Waals surface area contributed by atoms with E-state index in [9.17, 15) is 4.79 Å². The largest absolute Gasteiger partial charge is 0.423 e. The Bertz CT molecular complexity index is 606. The molecule has 0 radical (unpaired) electrons. The summed E-state index contributed by atoms with van der Waals surface area (Å²) in [5.74, 6) is 0.247. The molecule has 0 fully saturated rings. The lowest BCUT2D eigenvalue weighted by Gasteiger charge is -2.22. The second-order valence-corrected chi connectivity index (χ2v) is 5.00. The Hall–Kier alpha value is -2.21. The third-order valence-electron chi connectivity index (χ3n) is 3.33. The van der Waals surface area contributed by atoms with E-state index in [1.54, 1.807) is 13.0 Å². The van der Waals surface area contributed by atoms with Crippen molar-refractivity contribution in [3.63, 3.8) is 0 Å². The second-order valence-electron chi connectivity index (χ2n) is 5.00. The molecule has 0 saturated carbocycles. The highest BCUT2D eigenvalue weighted by Gasteiger charge is 2.26. The van der Waals surface area contributed by atoms with E-state index in [1.807, 2.05) is 26.0 Å². The number of nitrogens with one attached hydrogen (secondary N) is 1. The van der Waals surface area contributed by atoms with Crippen LogP contribution in [-0.4, -0.2) is 21.6 Å². The second kappa shape index (κ2) is 5.42. The minimum atomic E-state index is -0.877. The van der Waals surface area contributed by atoms with Gasteiger partial charge in [0.1, 0.15) is 0 Å². The molecule has 0 aliphatic carbocycles. The molecular weight excluding hydrogens is 256 g/mol. The van der Waals surface area contributed by atoms with Gasteiger partial charge in [-0.25, -0.2) is 0 Å². The zero-order valence-electron chi connectivity index (χ0n) is 11.8. The van der Waals surface area contributed by atoms with Crippen molar-refractivity contribution >= 4 is 11.6 Å². The maximum Gasteiger partial charge on any atom is 0.247 e. The molecule has 20 heavy (non-hydrogen) atoms. The van der Waals surface area contributed by atoms with Gasteiger partial charge in [-0.1, -0.05) is 6.92 Å². The van der Waals surface area contributed by atoms with E-state index < -0.39 is 5.54 Å². The number of amides is 1. The van der Waals surface area contributed by atoms with Gasteiger partial charge in [0, 0.05) is 11.3 Å². The van der Waals surface area contributed by atoms with Crippen LogP contribution >= 0.6 is 0 Å². The van der Waals surface area contributed by atoms with Crippen molar-refractivity contribution in [3.05, 3.63) is 30.2 Å². The topological polar surface area (TPSA) is 94.0 Å². The monoisotopic (exact) mass is 274 g/mol. The smallest absolute Gasteiger partial charge is 0.247 e. The molecule has 1 atom stereocenters. The number of anilines is 1. The van der Waals surface area contributed by atoms with Crippen LogP contribution in [0.1, 0.15) is 25.8 Å². The molecule has 0 saturated heterocycles. The molecule has 1 heterocycles. The summed E-state index contributed by atoms with van der Waals surface area (Å²) in [5, 5.41) is 10.3. The number of nitrogens with two attached hydrogens (primary N) is 1. The van der Waals surface area contributed by atoms with Crippen LogP contribution in [-0.2, 0) is 4.79 Å². The first-order valence-electron chi connectivity index (χ1n) is 6.41. The number of rotatable bonds is 4. The predicted octanol–water partition coefficient (Wildman–Crippen LogP) is 2.11. The Morgan fingerprint density at radius 3 is 2.80 bits per heavy atom. The van der Waals surface area contributed by atoms with Crippen LogP contribution in [0.4, 0.5) is 5.69 Å². The van der Waals surface area contributed by atoms with Gasteiger partial charge in [-0.15, -0.1) is 10.2 Å². The number of carbonyl (C=O) groups is 1. The van der Waals surface area contributed by atoms with Crippen LogP contribution in [0.15, 0.2) is 29.0 Å². The molecule has 2 aromatic rings. The summed E-state index contributed by atoms with van der Waals surface area (Å²) in [5.41, 5.74) is 7.48. The molecule has 1 aromatic heterocycles. The van der Waals surface area contributed by atoms with Crippen molar-refractivity contribution in [1.82, 2.24) is 10.2 Å². The van der Waals surface area contributed by atoms with E-state index in [4.69, 9.17) is 10.2 Å². The molecule has 1 aromatic carbocycles. The first-order chi connectivity index (χ1) is 9.44. The summed E-state index contributed by atoms with van der Waals surface area (Å²) in [6, 6.07) is 5.50. The zero-order chi connectivity index (χ0) is 14.8. The molecule has 6 nitrogen and oxygen atoms in total. The standard InChI is InChI=1S/C14H18N4O2/c1-4-14(3,15)13(19)17-11-6-5-10(7-9(11)2)12-18-16-8-20-12/h5-8H,4,15H2,1-3H3,(H,17,19). The number of hydrogen-bond acceptors (Lipinski definition) is 5. The summed E-state index contributed by atoms with van der Waals surface area (Å²) >= 11 is 0. The van der Waals surface area contributed by atoms with Crippen molar-refractivity contribution in [2.24, 2.45) is 5.73 Å². The Kier molecular flexibility index (Phi) is 3.85. The van der Waals surface area contributed by atoms with Gasteiger partial charge in [0.2, 0.25) is 18.2 Å². The lowest BCUT2D eigenvalue weighted by molar-refractivity contribution is -0.120. The Morgan fingerprint density at radius 2 is 2.25 bits per heavy atom. The third kappa shape index (κ3) is 2.85. The molecule has 0 aliphatic rings. The van der Waals surface area contributed by atoms with Gasteiger partial charge >= 0.3 is 0 Å². The van der Waals surface area contributed by atoms with Crippen LogP contribution in [0.25, 0.3) is 11.5 Å². The molecule has 0 bridgehead atoms.